The van der Waals surface area contributed by atoms with Crippen molar-refractivity contribution >= 4 is 11.6 Å². The van der Waals surface area contributed by atoms with E-state index in [4.69, 9.17) is 11.6 Å². The molecule has 0 unspecified atom stereocenters. The normalized spacial score (nSPS) is 10.4. The second-order valence-corrected chi connectivity index (χ2v) is 3.32. The Labute approximate surface area is 87.3 Å². The van der Waals surface area contributed by atoms with Gasteiger partial charge in [-0.3, -0.25) is 4.68 Å². The highest BCUT2D eigenvalue weighted by molar-refractivity contribution is 6.29. The van der Waals surface area contributed by atoms with Crippen LogP contribution in [-0.4, -0.2) is 14.8 Å². The van der Waals surface area contributed by atoms with Crippen LogP contribution in [-0.2, 0) is 6.54 Å². The van der Waals surface area contributed by atoms with Gasteiger partial charge in [-0.1, -0.05) is 17.7 Å². The highest BCUT2D eigenvalue weighted by Gasteiger charge is 2.02. The first-order valence-electron chi connectivity index (χ1n) is 4.45. The number of nitrogens with zero attached hydrogens (tertiary/aromatic N) is 3. The minimum atomic E-state index is 0.506. The summed E-state index contributed by atoms with van der Waals surface area (Å²) in [6.07, 6.45) is 3.75. The molecule has 0 amide bonds. The number of rotatable bonds is 2. The average Bonchev–Trinajstić information content (AvgIpc) is 2.66. The maximum absolute atomic E-state index is 5.80. The van der Waals surface area contributed by atoms with Crippen LogP contribution < -0.4 is 0 Å². The average molecular weight is 208 g/mol. The molecule has 0 bridgehead atoms. The third kappa shape index (κ3) is 1.77. The number of aryl methyl sites for hydroxylation is 1. The van der Waals surface area contributed by atoms with Crippen molar-refractivity contribution in [1.29, 1.82) is 0 Å². The SMILES string of the molecule is CCn1cc(-c2cccc(Cl)n2)cn1. The van der Waals surface area contributed by atoms with Gasteiger partial charge in [-0.05, 0) is 19.1 Å². The van der Waals surface area contributed by atoms with E-state index in [0.29, 0.717) is 5.15 Å². The fourth-order valence-electron chi connectivity index (χ4n) is 1.24. The van der Waals surface area contributed by atoms with Crippen LogP contribution in [0.15, 0.2) is 30.6 Å². The maximum atomic E-state index is 5.80. The van der Waals surface area contributed by atoms with E-state index in [1.807, 2.05) is 29.9 Å². The zero-order valence-corrected chi connectivity index (χ0v) is 8.57. The fourth-order valence-corrected chi connectivity index (χ4v) is 1.40. The summed E-state index contributed by atoms with van der Waals surface area (Å²) < 4.78 is 1.86. The van der Waals surface area contributed by atoms with E-state index in [9.17, 15) is 0 Å². The third-order valence-electron chi connectivity index (χ3n) is 1.97. The molecule has 0 fully saturated rings. The summed E-state index contributed by atoms with van der Waals surface area (Å²) in [5.74, 6) is 0. The Morgan fingerprint density at radius 3 is 2.93 bits per heavy atom. The molecule has 0 aromatic carbocycles. The summed E-state index contributed by atoms with van der Waals surface area (Å²) in [5, 5.41) is 4.68. The second kappa shape index (κ2) is 3.80. The standard InChI is InChI=1S/C10H10ClN3/c1-2-14-7-8(6-12-14)9-4-3-5-10(11)13-9/h3-7H,2H2,1H3. The summed E-state index contributed by atoms with van der Waals surface area (Å²) in [5.41, 5.74) is 1.85. The third-order valence-corrected chi connectivity index (χ3v) is 2.18. The van der Waals surface area contributed by atoms with Gasteiger partial charge in [-0.25, -0.2) is 4.98 Å². The smallest absolute Gasteiger partial charge is 0.129 e. The Balaban J connectivity index is 2.39. The molecule has 0 N–H and O–H groups in total. The Bertz CT molecular complexity index is 436. The van der Waals surface area contributed by atoms with Crippen LogP contribution >= 0.6 is 11.6 Å². The van der Waals surface area contributed by atoms with Crippen LogP contribution in [0.3, 0.4) is 0 Å². The van der Waals surface area contributed by atoms with Gasteiger partial charge in [0.2, 0.25) is 0 Å². The minimum absolute atomic E-state index is 0.506. The number of pyridine rings is 1. The molecule has 72 valence electrons. The lowest BCUT2D eigenvalue weighted by molar-refractivity contribution is 0.660. The Morgan fingerprint density at radius 2 is 2.29 bits per heavy atom. The maximum Gasteiger partial charge on any atom is 0.129 e. The van der Waals surface area contributed by atoms with E-state index in [2.05, 4.69) is 10.1 Å². The molecule has 0 atom stereocenters. The highest BCUT2D eigenvalue weighted by Crippen LogP contribution is 2.17. The van der Waals surface area contributed by atoms with Gasteiger partial charge in [0.25, 0.3) is 0 Å². The minimum Gasteiger partial charge on any atom is -0.272 e. The van der Waals surface area contributed by atoms with Gasteiger partial charge in [0.05, 0.1) is 11.9 Å². The predicted molar refractivity (Wildman–Crippen MR) is 56.1 cm³/mol. The van der Waals surface area contributed by atoms with Gasteiger partial charge in [0.1, 0.15) is 5.15 Å². The van der Waals surface area contributed by atoms with Gasteiger partial charge in [-0.15, -0.1) is 0 Å². The van der Waals surface area contributed by atoms with E-state index >= 15 is 0 Å². The summed E-state index contributed by atoms with van der Waals surface area (Å²) in [6.45, 7) is 2.91. The van der Waals surface area contributed by atoms with Crippen molar-refractivity contribution in [3.63, 3.8) is 0 Å². The predicted octanol–water partition coefficient (Wildman–Crippen LogP) is 2.62. The van der Waals surface area contributed by atoms with Crippen molar-refractivity contribution in [2.75, 3.05) is 0 Å². The lowest BCUT2D eigenvalue weighted by Gasteiger charge is -1.96. The van der Waals surface area contributed by atoms with Gasteiger partial charge in [-0.2, -0.15) is 5.10 Å². The first-order valence-corrected chi connectivity index (χ1v) is 4.83. The first kappa shape index (κ1) is 9.21. The van der Waals surface area contributed by atoms with Crippen LogP contribution in [0.2, 0.25) is 5.15 Å². The molecule has 0 aliphatic heterocycles. The summed E-state index contributed by atoms with van der Waals surface area (Å²) in [4.78, 5) is 4.20. The highest BCUT2D eigenvalue weighted by atomic mass is 35.5. The van der Waals surface area contributed by atoms with E-state index < -0.39 is 0 Å². The van der Waals surface area contributed by atoms with E-state index in [-0.39, 0.29) is 0 Å². The molecular weight excluding hydrogens is 198 g/mol. The lowest BCUT2D eigenvalue weighted by atomic mass is 10.2. The molecule has 0 radical (unpaired) electrons. The van der Waals surface area contributed by atoms with Crippen LogP contribution in [0.5, 0.6) is 0 Å². The molecule has 4 heteroatoms. The van der Waals surface area contributed by atoms with Crippen molar-refractivity contribution in [2.45, 2.75) is 13.5 Å². The summed E-state index contributed by atoms with van der Waals surface area (Å²) in [7, 11) is 0. The molecule has 2 aromatic rings. The van der Waals surface area contributed by atoms with Crippen molar-refractivity contribution < 1.29 is 0 Å². The molecule has 2 aromatic heterocycles. The summed E-state index contributed by atoms with van der Waals surface area (Å²) >= 11 is 5.80. The molecule has 3 nitrogen and oxygen atoms in total. The first-order chi connectivity index (χ1) is 6.79. The van der Waals surface area contributed by atoms with Crippen molar-refractivity contribution in [2.24, 2.45) is 0 Å². The molecule has 2 heterocycles. The summed E-state index contributed by atoms with van der Waals surface area (Å²) in [6, 6.07) is 5.56. The van der Waals surface area contributed by atoms with Crippen LogP contribution in [0.4, 0.5) is 0 Å². The van der Waals surface area contributed by atoms with Crippen LogP contribution in [0, 0.1) is 0 Å². The number of aromatic nitrogens is 3. The van der Waals surface area contributed by atoms with Gasteiger partial charge in [0, 0.05) is 18.3 Å². The van der Waals surface area contributed by atoms with E-state index in [1.165, 1.54) is 0 Å². The van der Waals surface area contributed by atoms with E-state index in [1.54, 1.807) is 12.3 Å². The molecule has 0 aliphatic rings. The number of hydrogen-bond acceptors (Lipinski definition) is 2. The molecule has 0 aliphatic carbocycles. The lowest BCUT2D eigenvalue weighted by Crippen LogP contribution is -1.92. The Kier molecular flexibility index (Phi) is 2.50. The van der Waals surface area contributed by atoms with Crippen molar-refractivity contribution in [3.8, 4) is 11.3 Å². The van der Waals surface area contributed by atoms with E-state index in [0.717, 1.165) is 17.8 Å². The Morgan fingerprint density at radius 1 is 1.43 bits per heavy atom. The second-order valence-electron chi connectivity index (χ2n) is 2.93. The van der Waals surface area contributed by atoms with Gasteiger partial charge < -0.3 is 0 Å². The van der Waals surface area contributed by atoms with Crippen LogP contribution in [0.1, 0.15) is 6.92 Å². The number of hydrogen-bond donors (Lipinski definition) is 0. The molecule has 0 saturated heterocycles. The van der Waals surface area contributed by atoms with Crippen molar-refractivity contribution in [3.05, 3.63) is 35.7 Å². The zero-order chi connectivity index (χ0) is 9.97. The zero-order valence-electron chi connectivity index (χ0n) is 7.81. The molecular formula is C10H10ClN3. The number of halogens is 1. The van der Waals surface area contributed by atoms with Crippen molar-refractivity contribution in [1.82, 2.24) is 14.8 Å². The quantitative estimate of drug-likeness (QED) is 0.709. The van der Waals surface area contributed by atoms with Crippen LogP contribution in [0.25, 0.3) is 11.3 Å². The molecule has 2 rings (SSSR count). The monoisotopic (exact) mass is 207 g/mol. The van der Waals surface area contributed by atoms with Gasteiger partial charge in [0.15, 0.2) is 0 Å². The molecule has 14 heavy (non-hydrogen) atoms. The topological polar surface area (TPSA) is 30.7 Å². The fraction of sp³-hybridized carbons (Fsp3) is 0.200. The molecule has 0 spiro atoms. The molecule has 0 saturated carbocycles. The van der Waals surface area contributed by atoms with Gasteiger partial charge >= 0.3 is 0 Å². The Hall–Kier alpha value is -1.35. The largest absolute Gasteiger partial charge is 0.272 e.